The van der Waals surface area contributed by atoms with E-state index in [9.17, 15) is 0 Å². The fraction of sp³-hybridized carbons (Fsp3) is 0.625. The molecule has 1 heterocycles. The molecule has 2 nitrogen and oxygen atoms in total. The van der Waals surface area contributed by atoms with Crippen LogP contribution in [0.1, 0.15) is 45.1 Å². The smallest absolute Gasteiger partial charge is 0.0642 e. The van der Waals surface area contributed by atoms with Crippen molar-refractivity contribution < 1.29 is 0 Å². The number of benzene rings is 1. The highest BCUT2D eigenvalue weighted by Gasteiger charge is 2.24. The third-order valence-electron chi connectivity index (χ3n) is 3.93. The van der Waals surface area contributed by atoms with Crippen LogP contribution in [0.3, 0.4) is 0 Å². The van der Waals surface area contributed by atoms with Crippen molar-refractivity contribution in [3.63, 3.8) is 0 Å². The van der Waals surface area contributed by atoms with Crippen LogP contribution in [0.4, 0.5) is 5.69 Å². The summed E-state index contributed by atoms with van der Waals surface area (Å²) >= 11 is 6.48. The lowest BCUT2D eigenvalue weighted by Crippen LogP contribution is -2.28. The fourth-order valence-corrected chi connectivity index (χ4v) is 3.19. The summed E-state index contributed by atoms with van der Waals surface area (Å²) in [7, 11) is 0. The second-order valence-electron chi connectivity index (χ2n) is 5.36. The van der Waals surface area contributed by atoms with Gasteiger partial charge in [0.15, 0.2) is 0 Å². The minimum atomic E-state index is 0.668. The quantitative estimate of drug-likeness (QED) is 0.785. The molecule has 1 N–H and O–H groups in total. The minimum Gasteiger partial charge on any atom is -0.367 e. The number of nitrogens with one attached hydrogen (secondary N) is 1. The molecule has 2 rings (SSSR count). The van der Waals surface area contributed by atoms with Crippen molar-refractivity contribution in [2.45, 2.75) is 52.1 Å². The van der Waals surface area contributed by atoms with Crippen molar-refractivity contribution >= 4 is 17.3 Å². The number of halogens is 1. The normalized spacial score (nSPS) is 19.1. The molecule has 0 bridgehead atoms. The molecule has 0 spiro atoms. The van der Waals surface area contributed by atoms with Gasteiger partial charge in [-0.05, 0) is 49.9 Å². The molecule has 1 saturated heterocycles. The lowest BCUT2D eigenvalue weighted by molar-refractivity contribution is 0.645. The van der Waals surface area contributed by atoms with E-state index in [2.05, 4.69) is 42.3 Å². The van der Waals surface area contributed by atoms with E-state index >= 15 is 0 Å². The second kappa shape index (κ2) is 7.16. The standard InChI is InChI=1S/C16H25ClN2/c1-3-9-18-12-13-7-8-16(15(17)11-13)19-10-5-6-14(19)4-2/h7-8,11,14,18H,3-6,9-10,12H2,1-2H3. The molecule has 0 aliphatic carbocycles. The van der Waals surface area contributed by atoms with Crippen LogP contribution in [0, 0.1) is 0 Å². The Morgan fingerprint density at radius 3 is 2.89 bits per heavy atom. The average Bonchev–Trinajstić information content (AvgIpc) is 2.87. The Bertz CT molecular complexity index is 406. The Balaban J connectivity index is 2.06. The summed E-state index contributed by atoms with van der Waals surface area (Å²) in [5.74, 6) is 0. The predicted molar refractivity (Wildman–Crippen MR) is 84.1 cm³/mol. The van der Waals surface area contributed by atoms with Gasteiger partial charge in [0.2, 0.25) is 0 Å². The van der Waals surface area contributed by atoms with E-state index < -0.39 is 0 Å². The zero-order valence-electron chi connectivity index (χ0n) is 12.1. The number of hydrogen-bond acceptors (Lipinski definition) is 2. The summed E-state index contributed by atoms with van der Waals surface area (Å²) in [6.07, 6.45) is 4.95. The van der Waals surface area contributed by atoms with E-state index in [4.69, 9.17) is 11.6 Å². The first kappa shape index (κ1) is 14.7. The third kappa shape index (κ3) is 3.64. The van der Waals surface area contributed by atoms with Crippen LogP contribution in [0.5, 0.6) is 0 Å². The first-order chi connectivity index (χ1) is 9.26. The molecule has 1 aromatic carbocycles. The molecular weight excluding hydrogens is 256 g/mol. The maximum Gasteiger partial charge on any atom is 0.0642 e. The highest BCUT2D eigenvalue weighted by atomic mass is 35.5. The molecular formula is C16H25ClN2. The van der Waals surface area contributed by atoms with Crippen LogP contribution in [-0.4, -0.2) is 19.1 Å². The number of anilines is 1. The van der Waals surface area contributed by atoms with Crippen LogP contribution in [-0.2, 0) is 6.54 Å². The maximum absolute atomic E-state index is 6.48. The number of hydrogen-bond donors (Lipinski definition) is 1. The molecule has 1 fully saturated rings. The first-order valence-electron chi connectivity index (χ1n) is 7.52. The monoisotopic (exact) mass is 280 g/mol. The molecule has 1 aromatic rings. The van der Waals surface area contributed by atoms with Crippen molar-refractivity contribution in [2.75, 3.05) is 18.0 Å². The summed E-state index contributed by atoms with van der Waals surface area (Å²) in [5.41, 5.74) is 2.49. The van der Waals surface area contributed by atoms with Gasteiger partial charge in [-0.25, -0.2) is 0 Å². The SMILES string of the molecule is CCCNCc1ccc(N2CCCC2CC)c(Cl)c1. The summed E-state index contributed by atoms with van der Waals surface area (Å²) in [6.45, 7) is 7.56. The largest absolute Gasteiger partial charge is 0.367 e. The van der Waals surface area contributed by atoms with Gasteiger partial charge in [-0.2, -0.15) is 0 Å². The van der Waals surface area contributed by atoms with E-state index in [1.165, 1.54) is 30.5 Å². The molecule has 3 heteroatoms. The van der Waals surface area contributed by atoms with Crippen LogP contribution >= 0.6 is 11.6 Å². The summed E-state index contributed by atoms with van der Waals surface area (Å²) in [6, 6.07) is 7.18. The second-order valence-corrected chi connectivity index (χ2v) is 5.77. The highest BCUT2D eigenvalue weighted by molar-refractivity contribution is 6.33. The van der Waals surface area contributed by atoms with E-state index in [0.29, 0.717) is 6.04 Å². The summed E-state index contributed by atoms with van der Waals surface area (Å²) < 4.78 is 0. The molecule has 0 amide bonds. The molecule has 19 heavy (non-hydrogen) atoms. The Hall–Kier alpha value is -0.730. The average molecular weight is 281 g/mol. The first-order valence-corrected chi connectivity index (χ1v) is 7.89. The number of nitrogens with zero attached hydrogens (tertiary/aromatic N) is 1. The zero-order chi connectivity index (χ0) is 13.7. The van der Waals surface area contributed by atoms with Gasteiger partial charge in [0.05, 0.1) is 10.7 Å². The lowest BCUT2D eigenvalue weighted by atomic mass is 10.1. The predicted octanol–water partition coefficient (Wildman–Crippen LogP) is 4.22. The lowest BCUT2D eigenvalue weighted by Gasteiger charge is -2.27. The van der Waals surface area contributed by atoms with Crippen molar-refractivity contribution in [1.82, 2.24) is 5.32 Å². The fourth-order valence-electron chi connectivity index (χ4n) is 2.88. The van der Waals surface area contributed by atoms with Gasteiger partial charge >= 0.3 is 0 Å². The summed E-state index contributed by atoms with van der Waals surface area (Å²) in [4.78, 5) is 2.48. The molecule has 106 valence electrons. The minimum absolute atomic E-state index is 0.668. The van der Waals surface area contributed by atoms with Gasteiger partial charge in [-0.3, -0.25) is 0 Å². The Labute approximate surface area is 122 Å². The molecule has 1 aliphatic heterocycles. The Kier molecular flexibility index (Phi) is 5.53. The molecule has 1 unspecified atom stereocenters. The summed E-state index contributed by atoms with van der Waals surface area (Å²) in [5, 5.41) is 4.31. The van der Waals surface area contributed by atoms with E-state index in [-0.39, 0.29) is 0 Å². The van der Waals surface area contributed by atoms with E-state index in [1.54, 1.807) is 0 Å². The van der Waals surface area contributed by atoms with E-state index in [0.717, 1.165) is 31.1 Å². The molecule has 0 radical (unpaired) electrons. The number of rotatable bonds is 6. The van der Waals surface area contributed by atoms with Crippen LogP contribution in [0.25, 0.3) is 0 Å². The zero-order valence-corrected chi connectivity index (χ0v) is 12.8. The van der Waals surface area contributed by atoms with Crippen molar-refractivity contribution in [1.29, 1.82) is 0 Å². The molecule has 1 aliphatic rings. The maximum atomic E-state index is 6.48. The Morgan fingerprint density at radius 2 is 2.21 bits per heavy atom. The molecule has 0 aromatic heterocycles. The van der Waals surface area contributed by atoms with Gasteiger partial charge in [-0.15, -0.1) is 0 Å². The van der Waals surface area contributed by atoms with Gasteiger partial charge in [-0.1, -0.05) is 31.5 Å². The highest BCUT2D eigenvalue weighted by Crippen LogP contribution is 2.33. The van der Waals surface area contributed by atoms with Crippen molar-refractivity contribution in [3.05, 3.63) is 28.8 Å². The van der Waals surface area contributed by atoms with Crippen LogP contribution in [0.2, 0.25) is 5.02 Å². The van der Waals surface area contributed by atoms with Gasteiger partial charge < -0.3 is 10.2 Å². The third-order valence-corrected chi connectivity index (χ3v) is 4.23. The molecule has 0 saturated carbocycles. The van der Waals surface area contributed by atoms with E-state index in [1.807, 2.05) is 0 Å². The van der Waals surface area contributed by atoms with Crippen LogP contribution in [0.15, 0.2) is 18.2 Å². The van der Waals surface area contributed by atoms with Gasteiger partial charge in [0, 0.05) is 19.1 Å². The van der Waals surface area contributed by atoms with Gasteiger partial charge in [0.25, 0.3) is 0 Å². The molecule has 1 atom stereocenters. The topological polar surface area (TPSA) is 15.3 Å². The van der Waals surface area contributed by atoms with Crippen molar-refractivity contribution in [2.24, 2.45) is 0 Å². The van der Waals surface area contributed by atoms with Crippen molar-refractivity contribution in [3.8, 4) is 0 Å². The van der Waals surface area contributed by atoms with Crippen LogP contribution < -0.4 is 10.2 Å². The van der Waals surface area contributed by atoms with Gasteiger partial charge in [0.1, 0.15) is 0 Å². The Morgan fingerprint density at radius 1 is 1.37 bits per heavy atom.